The Labute approximate surface area is 142 Å². The highest BCUT2D eigenvalue weighted by molar-refractivity contribution is 5.94. The second-order valence-electron chi connectivity index (χ2n) is 6.55. The van der Waals surface area contributed by atoms with E-state index in [0.717, 1.165) is 11.8 Å². The third kappa shape index (κ3) is 6.91. The molecule has 1 aromatic rings. The number of hydrogen-bond acceptors (Lipinski definition) is 5. The van der Waals surface area contributed by atoms with E-state index in [1.807, 2.05) is 30.3 Å². The van der Waals surface area contributed by atoms with Crippen LogP contribution >= 0.6 is 0 Å². The number of esters is 1. The summed E-state index contributed by atoms with van der Waals surface area (Å²) in [6.45, 7) is 5.42. The summed E-state index contributed by atoms with van der Waals surface area (Å²) in [7, 11) is 0. The lowest BCUT2D eigenvalue weighted by Crippen LogP contribution is -2.39. The first-order chi connectivity index (χ1) is 11.2. The number of aliphatic carboxylic acids is 1. The average molecular weight is 335 g/mol. The maximum absolute atomic E-state index is 12.2. The molecule has 0 saturated heterocycles. The van der Waals surface area contributed by atoms with E-state index in [1.54, 1.807) is 20.8 Å². The first kappa shape index (κ1) is 19.8. The van der Waals surface area contributed by atoms with E-state index in [9.17, 15) is 14.7 Å². The number of carboxylic acid groups (broad SMARTS) is 1. The van der Waals surface area contributed by atoms with Gasteiger partial charge in [-0.2, -0.15) is 0 Å². The molecule has 0 radical (unpaired) electrons. The van der Waals surface area contributed by atoms with Crippen LogP contribution in [0.25, 0.3) is 0 Å². The van der Waals surface area contributed by atoms with Crippen LogP contribution in [0.15, 0.2) is 30.3 Å². The summed E-state index contributed by atoms with van der Waals surface area (Å²) < 4.78 is 10.8. The average Bonchev–Trinajstić information content (AvgIpc) is 2.46. The van der Waals surface area contributed by atoms with Gasteiger partial charge in [-0.3, -0.25) is 9.59 Å². The molecule has 6 nitrogen and oxygen atoms in total. The summed E-state index contributed by atoms with van der Waals surface area (Å²) in [5, 5.41) is 16.7. The van der Waals surface area contributed by atoms with Crippen molar-refractivity contribution >= 4 is 18.2 Å². The van der Waals surface area contributed by atoms with Gasteiger partial charge in [0.05, 0.1) is 13.2 Å². The van der Waals surface area contributed by atoms with Crippen LogP contribution in [0.5, 0.6) is 0 Å². The molecule has 0 spiro atoms. The molecule has 6 heteroatoms. The molecule has 0 aliphatic rings. The first-order valence-electron chi connectivity index (χ1n) is 7.81. The fourth-order valence-corrected chi connectivity index (χ4v) is 2.21. The lowest BCUT2D eigenvalue weighted by Gasteiger charge is -2.26. The van der Waals surface area contributed by atoms with Crippen molar-refractivity contribution in [1.29, 1.82) is 5.41 Å². The number of ether oxygens (including phenoxy) is 2. The predicted molar refractivity (Wildman–Crippen MR) is 90.0 cm³/mol. The third-order valence-electron chi connectivity index (χ3n) is 3.26. The third-order valence-corrected chi connectivity index (χ3v) is 3.26. The summed E-state index contributed by atoms with van der Waals surface area (Å²) in [6.07, 6.45) is 1.22. The number of carboxylic acids is 1. The molecular formula is C18H25NO5. The normalized spacial score (nSPS) is 13.8. The highest BCUT2D eigenvalue weighted by atomic mass is 16.6. The summed E-state index contributed by atoms with van der Waals surface area (Å²) >= 11 is 0. The number of carbonyl (C=O) groups excluding carboxylic acids is 1. The highest BCUT2D eigenvalue weighted by Gasteiger charge is 2.37. The minimum absolute atomic E-state index is 0.0560. The zero-order valence-electron chi connectivity index (χ0n) is 14.3. The largest absolute Gasteiger partial charge is 0.481 e. The van der Waals surface area contributed by atoms with E-state index in [1.165, 1.54) is 0 Å². The second-order valence-corrected chi connectivity index (χ2v) is 6.55. The molecule has 2 N–H and O–H groups in total. The van der Waals surface area contributed by atoms with Gasteiger partial charge in [0.15, 0.2) is 5.92 Å². The Kier molecular flexibility index (Phi) is 7.58. The minimum Gasteiger partial charge on any atom is -0.481 e. The lowest BCUT2D eigenvalue weighted by molar-refractivity contribution is -0.170. The van der Waals surface area contributed by atoms with Crippen molar-refractivity contribution in [2.45, 2.75) is 39.4 Å². The van der Waals surface area contributed by atoms with Crippen molar-refractivity contribution in [3.8, 4) is 0 Å². The van der Waals surface area contributed by atoms with E-state index in [4.69, 9.17) is 14.9 Å². The van der Waals surface area contributed by atoms with Gasteiger partial charge in [-0.1, -0.05) is 30.3 Å². The van der Waals surface area contributed by atoms with Gasteiger partial charge in [-0.05, 0) is 39.0 Å². The molecule has 24 heavy (non-hydrogen) atoms. The summed E-state index contributed by atoms with van der Waals surface area (Å²) in [5.41, 5.74) is 0.181. The molecule has 0 aliphatic heterocycles. The molecule has 0 saturated carbocycles. The van der Waals surface area contributed by atoms with E-state index in [0.29, 0.717) is 6.61 Å². The quantitative estimate of drug-likeness (QED) is 0.411. The first-order valence-corrected chi connectivity index (χ1v) is 7.81. The van der Waals surface area contributed by atoms with Gasteiger partial charge < -0.3 is 20.0 Å². The van der Waals surface area contributed by atoms with Crippen molar-refractivity contribution < 1.29 is 24.2 Å². The minimum atomic E-state index is -1.36. The Hall–Kier alpha value is -2.21. The van der Waals surface area contributed by atoms with Crippen LogP contribution in [-0.4, -0.2) is 35.5 Å². The van der Waals surface area contributed by atoms with Crippen LogP contribution in [-0.2, 0) is 25.7 Å². The van der Waals surface area contributed by atoms with Gasteiger partial charge in [0, 0.05) is 5.92 Å². The van der Waals surface area contributed by atoms with Gasteiger partial charge in [-0.25, -0.2) is 0 Å². The Bertz CT molecular complexity index is 550. The Morgan fingerprint density at radius 3 is 2.38 bits per heavy atom. The standard InChI is InChI=1S/C18H25NO5/c1-18(2,3)24-17(22)15(16(20)21)14(9-10-19)12-23-11-13-7-5-4-6-8-13/h4-8,10,14-15,19H,9,11-12H2,1-3H3,(H,20,21). The molecule has 0 amide bonds. The molecule has 0 fully saturated rings. The van der Waals surface area contributed by atoms with Crippen molar-refractivity contribution in [2.24, 2.45) is 11.8 Å². The van der Waals surface area contributed by atoms with E-state index in [-0.39, 0.29) is 13.0 Å². The fourth-order valence-electron chi connectivity index (χ4n) is 2.21. The van der Waals surface area contributed by atoms with E-state index < -0.39 is 29.4 Å². The van der Waals surface area contributed by atoms with Gasteiger partial charge in [0.2, 0.25) is 0 Å². The molecule has 0 aliphatic carbocycles. The molecule has 2 unspecified atom stereocenters. The van der Waals surface area contributed by atoms with E-state index >= 15 is 0 Å². The maximum Gasteiger partial charge on any atom is 0.321 e. The van der Waals surface area contributed by atoms with Crippen molar-refractivity contribution in [1.82, 2.24) is 0 Å². The van der Waals surface area contributed by atoms with E-state index in [2.05, 4.69) is 0 Å². The summed E-state index contributed by atoms with van der Waals surface area (Å²) in [4.78, 5) is 23.8. The lowest BCUT2D eigenvalue weighted by atomic mass is 9.90. The topological polar surface area (TPSA) is 96.7 Å². The van der Waals surface area contributed by atoms with Crippen molar-refractivity contribution in [3.63, 3.8) is 0 Å². The molecule has 1 aromatic carbocycles. The number of hydrogen-bond donors (Lipinski definition) is 2. The maximum atomic E-state index is 12.2. The van der Waals surface area contributed by atoms with Crippen LogP contribution in [0, 0.1) is 17.2 Å². The monoisotopic (exact) mass is 335 g/mol. The van der Waals surface area contributed by atoms with Crippen LogP contribution in [0.3, 0.4) is 0 Å². The van der Waals surface area contributed by atoms with Gasteiger partial charge in [0.1, 0.15) is 5.60 Å². The van der Waals surface area contributed by atoms with Crippen LogP contribution in [0.4, 0.5) is 0 Å². The van der Waals surface area contributed by atoms with Gasteiger partial charge in [0.25, 0.3) is 0 Å². The zero-order chi connectivity index (χ0) is 18.2. The number of carbonyl (C=O) groups is 2. The van der Waals surface area contributed by atoms with Crippen molar-refractivity contribution in [3.05, 3.63) is 35.9 Å². The highest BCUT2D eigenvalue weighted by Crippen LogP contribution is 2.22. The van der Waals surface area contributed by atoms with Crippen LogP contribution < -0.4 is 0 Å². The summed E-state index contributed by atoms with van der Waals surface area (Å²) in [6, 6.07) is 9.45. The Balaban J connectivity index is 2.75. The molecule has 0 heterocycles. The molecule has 2 atom stereocenters. The number of nitrogens with one attached hydrogen (secondary N) is 1. The van der Waals surface area contributed by atoms with Crippen LogP contribution in [0.1, 0.15) is 32.8 Å². The SMILES string of the molecule is CC(C)(C)OC(=O)C(C(=O)O)C(CC=N)COCc1ccccc1. The summed E-state index contributed by atoms with van der Waals surface area (Å²) in [5.74, 6) is -4.08. The molecular weight excluding hydrogens is 310 g/mol. The molecule has 0 aromatic heterocycles. The van der Waals surface area contributed by atoms with Crippen molar-refractivity contribution in [2.75, 3.05) is 6.61 Å². The number of rotatable bonds is 9. The zero-order valence-corrected chi connectivity index (χ0v) is 14.3. The van der Waals surface area contributed by atoms with Gasteiger partial charge >= 0.3 is 11.9 Å². The second kappa shape index (κ2) is 9.17. The van der Waals surface area contributed by atoms with Crippen LogP contribution in [0.2, 0.25) is 0 Å². The number of benzene rings is 1. The predicted octanol–water partition coefficient (Wildman–Crippen LogP) is 2.90. The smallest absolute Gasteiger partial charge is 0.321 e. The molecule has 0 bridgehead atoms. The van der Waals surface area contributed by atoms with Gasteiger partial charge in [-0.15, -0.1) is 0 Å². The fraction of sp³-hybridized carbons (Fsp3) is 0.500. The molecule has 132 valence electrons. The Morgan fingerprint density at radius 2 is 1.88 bits per heavy atom. The molecule has 1 rings (SSSR count). The Morgan fingerprint density at radius 1 is 1.25 bits per heavy atom.